The van der Waals surface area contributed by atoms with E-state index in [9.17, 15) is 4.79 Å². The highest BCUT2D eigenvalue weighted by molar-refractivity contribution is 7.07. The van der Waals surface area contributed by atoms with Crippen molar-refractivity contribution < 1.29 is 4.79 Å². The lowest BCUT2D eigenvalue weighted by molar-refractivity contribution is 0.0612. The third-order valence-corrected chi connectivity index (χ3v) is 4.02. The van der Waals surface area contributed by atoms with Crippen LogP contribution in [0.5, 0.6) is 0 Å². The lowest BCUT2D eigenvalue weighted by Gasteiger charge is -2.34. The summed E-state index contributed by atoms with van der Waals surface area (Å²) >= 11 is 1.21. The third-order valence-electron chi connectivity index (χ3n) is 3.21. The summed E-state index contributed by atoms with van der Waals surface area (Å²) in [5.41, 5.74) is 0.760. The van der Waals surface area contributed by atoms with Crippen molar-refractivity contribution in [3.8, 4) is 0 Å². The summed E-state index contributed by atoms with van der Waals surface area (Å²) < 4.78 is 3.83. The topological polar surface area (TPSA) is 46.1 Å². The van der Waals surface area contributed by atoms with Gasteiger partial charge in [0.15, 0.2) is 0 Å². The van der Waals surface area contributed by atoms with Crippen LogP contribution < -0.4 is 0 Å². The molecule has 88 valence electrons. The molecule has 1 amide bonds. The highest BCUT2D eigenvalue weighted by Gasteiger charge is 2.28. The molecule has 1 aliphatic rings. The van der Waals surface area contributed by atoms with E-state index in [0.717, 1.165) is 31.5 Å². The predicted molar refractivity (Wildman–Crippen MR) is 63.6 cm³/mol. The molecule has 1 fully saturated rings. The van der Waals surface area contributed by atoms with Gasteiger partial charge < -0.3 is 4.90 Å². The smallest absolute Gasteiger partial charge is 0.267 e. The average molecular weight is 239 g/mol. The van der Waals surface area contributed by atoms with Crippen LogP contribution in [0.1, 0.15) is 48.0 Å². The molecule has 1 saturated heterocycles. The highest BCUT2D eigenvalue weighted by Crippen LogP contribution is 2.23. The Labute approximate surface area is 99.8 Å². The van der Waals surface area contributed by atoms with E-state index in [4.69, 9.17) is 0 Å². The minimum atomic E-state index is 0.124. The largest absolute Gasteiger partial charge is 0.335 e. The van der Waals surface area contributed by atoms with Crippen molar-refractivity contribution in [1.82, 2.24) is 14.5 Å². The van der Waals surface area contributed by atoms with E-state index in [1.807, 2.05) is 11.8 Å². The molecule has 2 heterocycles. The Balaban J connectivity index is 2.17. The van der Waals surface area contributed by atoms with Crippen LogP contribution in [0.25, 0.3) is 0 Å². The van der Waals surface area contributed by atoms with Crippen LogP contribution in [0, 0.1) is 6.92 Å². The zero-order valence-electron chi connectivity index (χ0n) is 9.77. The number of aryl methyl sites for hydroxylation is 1. The van der Waals surface area contributed by atoms with Gasteiger partial charge in [0.05, 0.1) is 5.69 Å². The second-order valence-corrected chi connectivity index (χ2v) is 5.00. The van der Waals surface area contributed by atoms with E-state index >= 15 is 0 Å². The molecule has 1 aliphatic heterocycles. The fourth-order valence-electron chi connectivity index (χ4n) is 2.25. The summed E-state index contributed by atoms with van der Waals surface area (Å²) in [6, 6.07) is 0.405. The molecule has 0 bridgehead atoms. The number of carbonyl (C=O) groups excluding carboxylic acids is 1. The fraction of sp³-hybridized carbons (Fsp3) is 0.727. The van der Waals surface area contributed by atoms with Gasteiger partial charge in [0.25, 0.3) is 5.91 Å². The van der Waals surface area contributed by atoms with E-state index in [2.05, 4.69) is 16.5 Å². The van der Waals surface area contributed by atoms with Crippen LogP contribution in [0.2, 0.25) is 0 Å². The number of rotatable bonds is 2. The molecule has 0 saturated carbocycles. The summed E-state index contributed by atoms with van der Waals surface area (Å²) in [5.74, 6) is 0.124. The summed E-state index contributed by atoms with van der Waals surface area (Å²) in [6.45, 7) is 4.88. The molecule has 0 aliphatic carbocycles. The molecule has 2 rings (SSSR count). The molecule has 1 aromatic heterocycles. The maximum Gasteiger partial charge on any atom is 0.267 e. The summed E-state index contributed by atoms with van der Waals surface area (Å²) in [4.78, 5) is 15.0. The highest BCUT2D eigenvalue weighted by atomic mass is 32.1. The maximum absolute atomic E-state index is 12.3. The number of nitrogens with zero attached hydrogens (tertiary/aromatic N) is 3. The van der Waals surface area contributed by atoms with Gasteiger partial charge >= 0.3 is 0 Å². The van der Waals surface area contributed by atoms with E-state index in [1.165, 1.54) is 18.0 Å². The number of hydrogen-bond acceptors (Lipinski definition) is 4. The van der Waals surface area contributed by atoms with Crippen molar-refractivity contribution in [3.63, 3.8) is 0 Å². The third kappa shape index (κ3) is 2.09. The minimum absolute atomic E-state index is 0.124. The Kier molecular flexibility index (Phi) is 3.53. The van der Waals surface area contributed by atoms with Crippen molar-refractivity contribution in [2.75, 3.05) is 6.54 Å². The fourth-order valence-corrected chi connectivity index (χ4v) is 2.86. The number of likely N-dealkylation sites (tertiary alicyclic amines) is 1. The lowest BCUT2D eigenvalue weighted by atomic mass is 10.00. The number of piperidine rings is 1. The zero-order valence-corrected chi connectivity index (χ0v) is 10.6. The van der Waals surface area contributed by atoms with Crippen molar-refractivity contribution >= 4 is 17.4 Å². The van der Waals surface area contributed by atoms with E-state index in [-0.39, 0.29) is 5.91 Å². The molecular formula is C11H17N3OS. The molecule has 4 nitrogen and oxygen atoms in total. The first-order valence-electron chi connectivity index (χ1n) is 5.84. The van der Waals surface area contributed by atoms with Crippen molar-refractivity contribution in [1.29, 1.82) is 0 Å². The first-order valence-corrected chi connectivity index (χ1v) is 6.61. The van der Waals surface area contributed by atoms with Gasteiger partial charge in [-0.2, -0.15) is 0 Å². The molecule has 0 aromatic carbocycles. The number of amides is 1. The van der Waals surface area contributed by atoms with Crippen LogP contribution in [-0.4, -0.2) is 33.0 Å². The molecule has 5 heteroatoms. The molecule has 1 aromatic rings. The summed E-state index contributed by atoms with van der Waals surface area (Å²) in [5, 5.41) is 3.90. The molecular weight excluding hydrogens is 222 g/mol. The number of aromatic nitrogens is 2. The van der Waals surface area contributed by atoms with Gasteiger partial charge in [-0.05, 0) is 44.1 Å². The minimum Gasteiger partial charge on any atom is -0.335 e. The van der Waals surface area contributed by atoms with Crippen molar-refractivity contribution in [3.05, 3.63) is 10.6 Å². The average Bonchev–Trinajstić information content (AvgIpc) is 2.74. The van der Waals surface area contributed by atoms with Gasteiger partial charge in [-0.3, -0.25) is 4.79 Å². The van der Waals surface area contributed by atoms with Crippen LogP contribution >= 0.6 is 11.5 Å². The number of carbonyl (C=O) groups is 1. The Hall–Kier alpha value is -0.970. The maximum atomic E-state index is 12.3. The molecule has 0 radical (unpaired) electrons. The first-order chi connectivity index (χ1) is 7.74. The van der Waals surface area contributed by atoms with Crippen molar-refractivity contribution in [2.24, 2.45) is 0 Å². The van der Waals surface area contributed by atoms with Crippen LogP contribution in [0.4, 0.5) is 0 Å². The second kappa shape index (κ2) is 4.91. The first kappa shape index (κ1) is 11.5. The molecule has 16 heavy (non-hydrogen) atoms. The molecule has 1 atom stereocenters. The second-order valence-electron chi connectivity index (χ2n) is 4.24. The van der Waals surface area contributed by atoms with Crippen LogP contribution in [0.3, 0.4) is 0 Å². The van der Waals surface area contributed by atoms with Crippen LogP contribution in [-0.2, 0) is 0 Å². The predicted octanol–water partition coefficient (Wildman–Crippen LogP) is 2.25. The summed E-state index contributed by atoms with van der Waals surface area (Å²) in [7, 11) is 0. The lowest BCUT2D eigenvalue weighted by Crippen LogP contribution is -2.43. The van der Waals surface area contributed by atoms with E-state index < -0.39 is 0 Å². The monoisotopic (exact) mass is 239 g/mol. The van der Waals surface area contributed by atoms with Crippen molar-refractivity contribution in [2.45, 2.75) is 45.6 Å². The zero-order chi connectivity index (χ0) is 11.5. The van der Waals surface area contributed by atoms with Gasteiger partial charge in [0.2, 0.25) is 0 Å². The van der Waals surface area contributed by atoms with Gasteiger partial charge in [-0.25, -0.2) is 0 Å². The molecule has 0 spiro atoms. The van der Waals surface area contributed by atoms with Gasteiger partial charge in [0, 0.05) is 12.6 Å². The standard InChI is InChI=1S/C11H17N3OS/c1-3-9-6-4-5-7-14(9)11(15)10-8(2)12-13-16-10/h9H,3-7H2,1-2H3/t9-/m0/s1. The molecule has 0 unspecified atom stereocenters. The molecule has 0 N–H and O–H groups in total. The Morgan fingerprint density at radius 3 is 3.00 bits per heavy atom. The Morgan fingerprint density at radius 2 is 2.38 bits per heavy atom. The van der Waals surface area contributed by atoms with Gasteiger partial charge in [0.1, 0.15) is 4.88 Å². The Bertz CT molecular complexity index is 377. The van der Waals surface area contributed by atoms with E-state index in [0.29, 0.717) is 10.9 Å². The van der Waals surface area contributed by atoms with Crippen LogP contribution in [0.15, 0.2) is 0 Å². The van der Waals surface area contributed by atoms with Gasteiger partial charge in [-0.1, -0.05) is 11.4 Å². The quantitative estimate of drug-likeness (QED) is 0.795. The van der Waals surface area contributed by atoms with E-state index in [1.54, 1.807) is 0 Å². The normalized spacial score (nSPS) is 21.1. The summed E-state index contributed by atoms with van der Waals surface area (Å²) in [6.07, 6.45) is 4.53. The SMILES string of the molecule is CC[C@H]1CCCCN1C(=O)c1snnc1C. The number of hydrogen-bond donors (Lipinski definition) is 0. The van der Waals surface area contributed by atoms with Gasteiger partial charge in [-0.15, -0.1) is 5.10 Å². The Morgan fingerprint density at radius 1 is 1.56 bits per heavy atom.